The molecule has 7 rings (SSSR count). The molecule has 0 saturated heterocycles. The fourth-order valence-electron chi connectivity index (χ4n) is 6.08. The van der Waals surface area contributed by atoms with Crippen molar-refractivity contribution in [1.82, 2.24) is 14.8 Å². The van der Waals surface area contributed by atoms with Crippen LogP contribution in [0.5, 0.6) is 28.9 Å². The highest BCUT2D eigenvalue weighted by Crippen LogP contribution is 2.54. The third-order valence-corrected chi connectivity index (χ3v) is 12.4. The van der Waals surface area contributed by atoms with Crippen molar-refractivity contribution in [3.63, 3.8) is 0 Å². The minimum absolute atomic E-state index is 0.314. The monoisotopic (exact) mass is 841 g/mol. The van der Waals surface area contributed by atoms with E-state index < -0.39 is 28.4 Å². The summed E-state index contributed by atoms with van der Waals surface area (Å²) in [5.41, 5.74) is 2.34. The molecule has 0 bridgehead atoms. The lowest BCUT2D eigenvalue weighted by molar-refractivity contribution is 0.0190. The molecule has 14 heteroatoms. The number of ether oxygens (including phenoxy) is 4. The molecule has 0 spiro atoms. The van der Waals surface area contributed by atoms with E-state index in [1.54, 1.807) is 64.7 Å². The number of carbonyl (C=O) groups is 1. The summed E-state index contributed by atoms with van der Waals surface area (Å²) < 4.78 is 39.0. The van der Waals surface area contributed by atoms with Crippen molar-refractivity contribution in [2.45, 2.75) is 72.6 Å². The third kappa shape index (κ3) is 9.80. The number of methoxy groups -OCH3 is 2. The lowest BCUT2D eigenvalue weighted by Gasteiger charge is -2.22. The fraction of sp³-hybridized carbons (Fsp3) is 0.326. The zero-order chi connectivity index (χ0) is 41.4. The lowest BCUT2D eigenvalue weighted by atomic mass is 10.1. The van der Waals surface area contributed by atoms with Crippen LogP contribution in [0.25, 0.3) is 52.1 Å². The van der Waals surface area contributed by atoms with E-state index in [0.717, 1.165) is 60.1 Å². The number of thiophene rings is 2. The van der Waals surface area contributed by atoms with Crippen molar-refractivity contribution in [1.29, 1.82) is 0 Å². The van der Waals surface area contributed by atoms with Crippen LogP contribution < -0.4 is 23.1 Å². The van der Waals surface area contributed by atoms with Gasteiger partial charge in [-0.2, -0.15) is 5.10 Å². The summed E-state index contributed by atoms with van der Waals surface area (Å²) in [4.78, 5) is 19.0. The molecular weight excluding hydrogens is 791 g/mol. The maximum Gasteiger partial charge on any atom is 0.515 e. The van der Waals surface area contributed by atoms with E-state index in [9.17, 15) is 4.79 Å². The molecule has 57 heavy (non-hydrogen) atoms. The van der Waals surface area contributed by atoms with E-state index in [-0.39, 0.29) is 0 Å². The largest absolute Gasteiger partial charge is 0.543 e. The Kier molecular flexibility index (Phi) is 11.8. The van der Waals surface area contributed by atoms with Crippen LogP contribution in [0.2, 0.25) is 39.3 Å². The number of nitrogens with zero attached hydrogens (tertiary/aromatic N) is 3. The summed E-state index contributed by atoms with van der Waals surface area (Å²) in [7, 11) is 1.38. The van der Waals surface area contributed by atoms with Gasteiger partial charge >= 0.3 is 6.16 Å². The van der Waals surface area contributed by atoms with Gasteiger partial charge < -0.3 is 27.8 Å². The Hall–Kier alpha value is -4.90. The van der Waals surface area contributed by atoms with Gasteiger partial charge in [-0.3, -0.25) is 0 Å². The molecule has 300 valence electrons. The molecular formula is C43H51N3O7S2Si2. The number of hydrogen-bond donors (Lipinski definition) is 0. The van der Waals surface area contributed by atoms with Crippen LogP contribution in [-0.2, 0) is 11.8 Å². The summed E-state index contributed by atoms with van der Waals surface area (Å²) in [6, 6.07) is 24.2. The Morgan fingerprint density at radius 3 is 1.75 bits per heavy atom. The van der Waals surface area contributed by atoms with Gasteiger partial charge in [0.05, 0.1) is 46.4 Å². The van der Waals surface area contributed by atoms with Crippen LogP contribution in [-0.4, -0.2) is 57.4 Å². The van der Waals surface area contributed by atoms with Gasteiger partial charge in [-0.05, 0) is 116 Å². The average Bonchev–Trinajstić information content (AvgIpc) is 3.74. The highest BCUT2D eigenvalue weighted by atomic mass is 32.1. The number of para-hydroxylation sites is 1. The Labute approximate surface area is 344 Å². The zero-order valence-corrected chi connectivity index (χ0v) is 38.6. The number of aromatic nitrogens is 3. The molecule has 0 N–H and O–H groups in total. The van der Waals surface area contributed by atoms with E-state index in [2.05, 4.69) is 73.6 Å². The van der Waals surface area contributed by atoms with Crippen molar-refractivity contribution in [2.24, 2.45) is 7.05 Å². The number of pyridine rings is 1. The molecule has 7 aromatic rings. The first-order valence-corrected chi connectivity index (χ1v) is 27.1. The Morgan fingerprint density at radius 2 is 1.26 bits per heavy atom. The molecule has 4 heterocycles. The van der Waals surface area contributed by atoms with E-state index in [0.29, 0.717) is 17.1 Å². The normalized spacial score (nSPS) is 12.0. The fourth-order valence-corrected chi connectivity index (χ4v) is 10.2. The highest BCUT2D eigenvalue weighted by molar-refractivity contribution is 7.29. The van der Waals surface area contributed by atoms with Crippen molar-refractivity contribution in [3.8, 4) is 49.9 Å². The van der Waals surface area contributed by atoms with Gasteiger partial charge in [0.1, 0.15) is 28.6 Å². The lowest BCUT2D eigenvalue weighted by Crippen LogP contribution is -2.30. The number of carbonyl (C=O) groups excluding carboxylic acids is 1. The van der Waals surface area contributed by atoms with Crippen LogP contribution in [0.3, 0.4) is 0 Å². The van der Waals surface area contributed by atoms with Gasteiger partial charge in [-0.1, -0.05) is 24.3 Å². The molecule has 0 aliphatic rings. The molecule has 3 aromatic carbocycles. The van der Waals surface area contributed by atoms with Crippen LogP contribution in [0, 0.1) is 6.92 Å². The second kappa shape index (κ2) is 16.2. The van der Waals surface area contributed by atoms with E-state index in [4.69, 9.17) is 27.8 Å². The van der Waals surface area contributed by atoms with Crippen LogP contribution in [0.15, 0.2) is 72.8 Å². The van der Waals surface area contributed by atoms with E-state index >= 15 is 0 Å². The number of aryl methyl sites for hydroxylation is 2. The van der Waals surface area contributed by atoms with Crippen molar-refractivity contribution in [3.05, 3.63) is 78.5 Å². The van der Waals surface area contributed by atoms with Crippen LogP contribution in [0.1, 0.15) is 26.5 Å². The summed E-state index contributed by atoms with van der Waals surface area (Å²) in [6.07, 6.45) is -0.766. The van der Waals surface area contributed by atoms with Gasteiger partial charge in [0.2, 0.25) is 22.5 Å². The maximum absolute atomic E-state index is 12.1. The van der Waals surface area contributed by atoms with Crippen LogP contribution in [0.4, 0.5) is 4.79 Å². The molecule has 0 saturated carbocycles. The van der Waals surface area contributed by atoms with Crippen molar-refractivity contribution in [2.75, 3.05) is 14.2 Å². The standard InChI is InChI=1S/C24H30O4S2Si2.C19H21N3O3/c1-25-15-9-11-19-17(13-15)21(27-31(3,4)5)23(29-19)24-22(28-32(6,7)8)18-14-16(26-2)10-12-20(18)30-24;1-12-16(15-11-10-13-8-6-7-9-14(13)20-15)17(22(5)21-12)24-18(23)25-19(2,3)4/h9-14H,1-8H3;6-11H,1-5H3. The molecule has 0 radical (unpaired) electrons. The molecule has 0 unspecified atom stereocenters. The average molecular weight is 842 g/mol. The third-order valence-electron chi connectivity index (χ3n) is 8.32. The quantitative estimate of drug-likeness (QED) is 0.104. The molecule has 0 amide bonds. The number of benzene rings is 3. The molecule has 0 atom stereocenters. The second-order valence-electron chi connectivity index (χ2n) is 16.5. The van der Waals surface area contributed by atoms with Crippen molar-refractivity contribution < 1.29 is 32.6 Å². The smallest absolute Gasteiger partial charge is 0.515 e. The summed E-state index contributed by atoms with van der Waals surface area (Å²) in [5, 5.41) is 7.60. The molecule has 4 aromatic heterocycles. The minimum atomic E-state index is -1.87. The van der Waals surface area contributed by atoms with Crippen LogP contribution >= 0.6 is 22.7 Å². The number of rotatable bonds is 9. The molecule has 10 nitrogen and oxygen atoms in total. The van der Waals surface area contributed by atoms with Crippen molar-refractivity contribution >= 4 is 76.5 Å². The number of hydrogen-bond acceptors (Lipinski definition) is 11. The first kappa shape index (κ1) is 41.7. The van der Waals surface area contributed by atoms with E-state index in [1.165, 1.54) is 14.1 Å². The summed E-state index contributed by atoms with van der Waals surface area (Å²) >= 11 is 3.52. The Balaban J connectivity index is 0.000000199. The SMILES string of the molecule is COc1ccc2sc(-c3sc4ccc(OC)cc4c3O[Si](C)(C)C)c(O[Si](C)(C)C)c2c1.Cc1nn(C)c(OC(=O)OC(C)(C)C)c1-c1ccc2ccccc2n1. The van der Waals surface area contributed by atoms with Gasteiger partial charge in [0, 0.05) is 32.6 Å². The highest BCUT2D eigenvalue weighted by Gasteiger charge is 2.30. The van der Waals surface area contributed by atoms with Gasteiger partial charge in [-0.15, -0.1) is 22.7 Å². The zero-order valence-electron chi connectivity index (χ0n) is 34.9. The first-order chi connectivity index (χ1) is 26.7. The Bertz CT molecular complexity index is 2480. The first-order valence-electron chi connectivity index (χ1n) is 18.6. The van der Waals surface area contributed by atoms with E-state index in [1.807, 2.05) is 55.5 Å². The van der Waals surface area contributed by atoms with Gasteiger partial charge in [-0.25, -0.2) is 14.5 Å². The minimum Gasteiger partial charge on any atom is -0.543 e. The summed E-state index contributed by atoms with van der Waals surface area (Å²) in [6.45, 7) is 20.5. The summed E-state index contributed by atoms with van der Waals surface area (Å²) in [5.74, 6) is 3.88. The van der Waals surface area contributed by atoms with Gasteiger partial charge in [0.15, 0.2) is 0 Å². The predicted octanol–water partition coefficient (Wildman–Crippen LogP) is 12.5. The predicted molar refractivity (Wildman–Crippen MR) is 239 cm³/mol. The maximum atomic E-state index is 12.1. The molecule has 0 aliphatic carbocycles. The second-order valence-corrected chi connectivity index (χ2v) is 27.5. The van der Waals surface area contributed by atoms with Gasteiger partial charge in [0.25, 0.3) is 0 Å². The molecule has 0 aliphatic heterocycles. The Morgan fingerprint density at radius 1 is 0.737 bits per heavy atom. The topological polar surface area (TPSA) is 103 Å². The molecule has 0 fully saturated rings. The number of fused-ring (bicyclic) bond motifs is 3.